The second kappa shape index (κ2) is 6.83. The molecule has 1 saturated heterocycles. The molecule has 28 heavy (non-hydrogen) atoms. The maximum atomic E-state index is 14.0. The Hall–Kier alpha value is -1.42. The smallest absolute Gasteiger partial charge is 0.259 e. The number of nitrogens with one attached hydrogen (secondary N) is 1. The van der Waals surface area contributed by atoms with Gasteiger partial charge in [0.2, 0.25) is 0 Å². The summed E-state index contributed by atoms with van der Waals surface area (Å²) in [5, 5.41) is 4.24. The van der Waals surface area contributed by atoms with Crippen molar-refractivity contribution in [2.75, 3.05) is 0 Å². The molecule has 1 atom stereocenters. The molecule has 1 unspecified atom stereocenters. The van der Waals surface area contributed by atoms with Crippen LogP contribution < -0.4 is 5.32 Å². The van der Waals surface area contributed by atoms with Crippen LogP contribution in [0.5, 0.6) is 0 Å². The van der Waals surface area contributed by atoms with Gasteiger partial charge in [0.05, 0.1) is 0 Å². The minimum atomic E-state index is -0.673. The summed E-state index contributed by atoms with van der Waals surface area (Å²) < 4.78 is 0. The number of carbonyl (C=O) groups excluding carboxylic acids is 1. The SMILES string of the molecule is CCC1CCC2(CC1)Cc1ccc(C(C)C)cc1C21NC(=S)N(C(C)C)C1=O. The molecule has 3 nitrogen and oxygen atoms in total. The summed E-state index contributed by atoms with van der Waals surface area (Å²) in [4.78, 5) is 15.9. The van der Waals surface area contributed by atoms with Crippen LogP contribution in [0, 0.1) is 11.3 Å². The van der Waals surface area contributed by atoms with Crippen molar-refractivity contribution < 1.29 is 4.79 Å². The van der Waals surface area contributed by atoms with E-state index in [2.05, 4.69) is 58.1 Å². The van der Waals surface area contributed by atoms with Crippen LogP contribution >= 0.6 is 12.2 Å². The predicted molar refractivity (Wildman–Crippen MR) is 118 cm³/mol. The third-order valence-corrected chi connectivity index (χ3v) is 8.04. The summed E-state index contributed by atoms with van der Waals surface area (Å²) in [5.41, 5.74) is 3.12. The Kier molecular flexibility index (Phi) is 4.85. The van der Waals surface area contributed by atoms with E-state index >= 15 is 0 Å². The molecule has 0 bridgehead atoms. The summed E-state index contributed by atoms with van der Waals surface area (Å²) >= 11 is 5.71. The first-order chi connectivity index (χ1) is 13.3. The lowest BCUT2D eigenvalue weighted by atomic mass is 9.59. The molecule has 2 aliphatic carbocycles. The van der Waals surface area contributed by atoms with Gasteiger partial charge in [0.1, 0.15) is 0 Å². The minimum absolute atomic E-state index is 0.0542. The molecule has 1 N–H and O–H groups in total. The van der Waals surface area contributed by atoms with E-state index < -0.39 is 5.54 Å². The highest BCUT2D eigenvalue weighted by Gasteiger charge is 2.67. The zero-order chi connectivity index (χ0) is 20.3. The first-order valence-corrected chi connectivity index (χ1v) is 11.5. The number of benzene rings is 1. The maximum absolute atomic E-state index is 14.0. The molecular formula is C24H34N2OS. The van der Waals surface area contributed by atoms with Gasteiger partial charge < -0.3 is 5.32 Å². The molecule has 1 aliphatic heterocycles. The Bertz CT molecular complexity index is 807. The van der Waals surface area contributed by atoms with Gasteiger partial charge in [-0.1, -0.05) is 45.4 Å². The fourth-order valence-electron chi connectivity index (χ4n) is 5.99. The van der Waals surface area contributed by atoms with Gasteiger partial charge in [-0.15, -0.1) is 0 Å². The predicted octanol–water partition coefficient (Wildman–Crippen LogP) is 5.27. The third kappa shape index (κ3) is 2.59. The van der Waals surface area contributed by atoms with Crippen LogP contribution in [0.15, 0.2) is 18.2 Å². The molecule has 3 aliphatic rings. The van der Waals surface area contributed by atoms with Crippen LogP contribution in [-0.2, 0) is 16.8 Å². The van der Waals surface area contributed by atoms with E-state index in [4.69, 9.17) is 12.2 Å². The molecule has 152 valence electrons. The van der Waals surface area contributed by atoms with Crippen molar-refractivity contribution in [2.24, 2.45) is 11.3 Å². The molecule has 4 rings (SSSR count). The fourth-order valence-corrected chi connectivity index (χ4v) is 6.43. The van der Waals surface area contributed by atoms with Gasteiger partial charge in [0.25, 0.3) is 5.91 Å². The lowest BCUT2D eigenvalue weighted by molar-refractivity contribution is -0.138. The second-order valence-electron chi connectivity index (χ2n) is 9.83. The molecule has 1 aromatic carbocycles. The molecule has 1 saturated carbocycles. The first-order valence-electron chi connectivity index (χ1n) is 11.0. The topological polar surface area (TPSA) is 32.3 Å². The van der Waals surface area contributed by atoms with E-state index in [9.17, 15) is 4.79 Å². The van der Waals surface area contributed by atoms with Gasteiger partial charge in [0, 0.05) is 11.5 Å². The highest BCUT2D eigenvalue weighted by Crippen LogP contribution is 2.61. The van der Waals surface area contributed by atoms with Gasteiger partial charge in [-0.3, -0.25) is 9.69 Å². The summed E-state index contributed by atoms with van der Waals surface area (Å²) in [5.74, 6) is 1.42. The summed E-state index contributed by atoms with van der Waals surface area (Å²) in [6.07, 6.45) is 6.87. The van der Waals surface area contributed by atoms with Gasteiger partial charge in [0.15, 0.2) is 10.7 Å². The van der Waals surface area contributed by atoms with E-state index in [1.54, 1.807) is 0 Å². The summed E-state index contributed by atoms with van der Waals surface area (Å²) in [6.45, 7) is 10.9. The average molecular weight is 399 g/mol. The van der Waals surface area contributed by atoms with Crippen LogP contribution in [0.4, 0.5) is 0 Å². The Balaban J connectivity index is 1.88. The van der Waals surface area contributed by atoms with Crippen LogP contribution in [0.3, 0.4) is 0 Å². The van der Waals surface area contributed by atoms with E-state index in [1.165, 1.54) is 36.0 Å². The van der Waals surface area contributed by atoms with Gasteiger partial charge in [-0.05, 0) is 86.7 Å². The monoisotopic (exact) mass is 398 g/mol. The first kappa shape index (κ1) is 19.9. The number of thiocarbonyl (C=S) groups is 1. The molecule has 1 amide bonds. The number of fused-ring (bicyclic) bond motifs is 3. The maximum Gasteiger partial charge on any atom is 0.259 e. The second-order valence-corrected chi connectivity index (χ2v) is 10.2. The van der Waals surface area contributed by atoms with Crippen LogP contribution in [0.2, 0.25) is 0 Å². The number of hydrogen-bond acceptors (Lipinski definition) is 2. The molecule has 2 fully saturated rings. The Labute approximate surface area is 175 Å². The van der Waals surface area contributed by atoms with E-state index in [0.29, 0.717) is 11.0 Å². The Morgan fingerprint density at radius 3 is 2.43 bits per heavy atom. The van der Waals surface area contributed by atoms with Crippen molar-refractivity contribution in [1.29, 1.82) is 0 Å². The van der Waals surface area contributed by atoms with Gasteiger partial charge in [-0.2, -0.15) is 0 Å². The average Bonchev–Trinajstić information content (AvgIpc) is 3.08. The molecule has 0 radical (unpaired) electrons. The molecule has 4 heteroatoms. The standard InChI is InChI=1S/C24H34N2OS/c1-6-17-9-11-23(12-10-17)14-19-8-7-18(15(2)3)13-20(19)24(23)21(27)26(16(4)5)22(28)25-24/h7-8,13,15-17H,6,9-12,14H2,1-5H3,(H,25,28). The van der Waals surface area contributed by atoms with Crippen molar-refractivity contribution in [3.63, 3.8) is 0 Å². The van der Waals surface area contributed by atoms with Crippen molar-refractivity contribution in [3.05, 3.63) is 34.9 Å². The van der Waals surface area contributed by atoms with Crippen molar-refractivity contribution in [1.82, 2.24) is 10.2 Å². The molecule has 1 aromatic rings. The Morgan fingerprint density at radius 1 is 1.21 bits per heavy atom. The highest BCUT2D eigenvalue weighted by molar-refractivity contribution is 7.80. The van der Waals surface area contributed by atoms with Gasteiger partial charge >= 0.3 is 0 Å². The molecule has 2 spiro atoms. The number of carbonyl (C=O) groups is 1. The zero-order valence-corrected chi connectivity index (χ0v) is 18.8. The largest absolute Gasteiger partial charge is 0.344 e. The lowest BCUT2D eigenvalue weighted by Gasteiger charge is -2.47. The summed E-state index contributed by atoms with van der Waals surface area (Å²) in [6, 6.07) is 6.92. The quantitative estimate of drug-likeness (QED) is 0.704. The molecular weight excluding hydrogens is 364 g/mol. The van der Waals surface area contributed by atoms with Gasteiger partial charge in [-0.25, -0.2) is 0 Å². The molecule has 1 heterocycles. The number of nitrogens with zero attached hydrogens (tertiary/aromatic N) is 1. The zero-order valence-electron chi connectivity index (χ0n) is 18.0. The number of amides is 1. The summed E-state index contributed by atoms with van der Waals surface area (Å²) in [7, 11) is 0. The minimum Gasteiger partial charge on any atom is -0.344 e. The van der Waals surface area contributed by atoms with Crippen LogP contribution in [0.25, 0.3) is 0 Å². The van der Waals surface area contributed by atoms with E-state index in [0.717, 1.165) is 25.2 Å². The number of hydrogen-bond donors (Lipinski definition) is 1. The van der Waals surface area contributed by atoms with Crippen molar-refractivity contribution in [2.45, 2.75) is 90.6 Å². The van der Waals surface area contributed by atoms with Crippen molar-refractivity contribution >= 4 is 23.2 Å². The lowest BCUT2D eigenvalue weighted by Crippen LogP contribution is -2.56. The Morgan fingerprint density at radius 2 is 1.89 bits per heavy atom. The van der Waals surface area contributed by atoms with Crippen LogP contribution in [-0.4, -0.2) is 22.0 Å². The highest BCUT2D eigenvalue weighted by atomic mass is 32.1. The molecule has 0 aromatic heterocycles. The van der Waals surface area contributed by atoms with E-state index in [1.807, 2.05) is 4.90 Å². The fraction of sp³-hybridized carbons (Fsp3) is 0.667. The van der Waals surface area contributed by atoms with Crippen molar-refractivity contribution in [3.8, 4) is 0 Å². The van der Waals surface area contributed by atoms with Crippen LogP contribution in [0.1, 0.15) is 89.3 Å². The number of rotatable bonds is 3. The third-order valence-electron chi connectivity index (χ3n) is 7.74. The van der Waals surface area contributed by atoms with E-state index in [-0.39, 0.29) is 17.4 Å². The normalized spacial score (nSPS) is 32.1.